The quantitative estimate of drug-likeness (QED) is 0.768. The molecule has 0 aliphatic carbocycles. The number of aliphatic hydroxyl groups is 1. The smallest absolute Gasteiger partial charge is 0.133 e. The van der Waals surface area contributed by atoms with Gasteiger partial charge in [0.15, 0.2) is 0 Å². The average Bonchev–Trinajstić information content (AvgIpc) is 2.50. The molecule has 0 spiro atoms. The van der Waals surface area contributed by atoms with Crippen LogP contribution in [0.1, 0.15) is 18.1 Å². The van der Waals surface area contributed by atoms with Gasteiger partial charge in [-0.05, 0) is 35.9 Å². The number of benzene rings is 2. The van der Waals surface area contributed by atoms with Gasteiger partial charge in [-0.3, -0.25) is 0 Å². The minimum atomic E-state index is 0.107. The van der Waals surface area contributed by atoms with Gasteiger partial charge >= 0.3 is 0 Å². The lowest BCUT2D eigenvalue weighted by Gasteiger charge is -2.15. The Kier molecular flexibility index (Phi) is 6.11. The van der Waals surface area contributed by atoms with E-state index in [4.69, 9.17) is 15.6 Å². The third kappa shape index (κ3) is 4.00. The zero-order valence-corrected chi connectivity index (χ0v) is 13.0. The van der Waals surface area contributed by atoms with E-state index in [0.717, 1.165) is 33.3 Å². The second kappa shape index (κ2) is 8.08. The highest BCUT2D eigenvalue weighted by molar-refractivity contribution is 7.99. The lowest BCUT2D eigenvalue weighted by Crippen LogP contribution is -2.03. The van der Waals surface area contributed by atoms with E-state index in [1.807, 2.05) is 36.4 Å². The maximum Gasteiger partial charge on any atom is 0.133 e. The molecule has 0 unspecified atom stereocenters. The van der Waals surface area contributed by atoms with Crippen LogP contribution >= 0.6 is 11.8 Å². The van der Waals surface area contributed by atoms with E-state index in [2.05, 4.69) is 13.0 Å². The summed E-state index contributed by atoms with van der Waals surface area (Å²) in [5, 5.41) is 9.15. The first kappa shape index (κ1) is 15.9. The first-order valence-electron chi connectivity index (χ1n) is 7.11. The summed E-state index contributed by atoms with van der Waals surface area (Å²) >= 11 is 1.77. The molecule has 0 amide bonds. The summed E-state index contributed by atoms with van der Waals surface area (Å²) in [5.41, 5.74) is 7.93. The van der Waals surface area contributed by atoms with Crippen molar-refractivity contribution in [2.45, 2.75) is 24.8 Å². The summed E-state index contributed by atoms with van der Waals surface area (Å²) in [7, 11) is 0. The first-order valence-corrected chi connectivity index (χ1v) is 8.10. The predicted octanol–water partition coefficient (Wildman–Crippen LogP) is 3.58. The highest BCUT2D eigenvalue weighted by Crippen LogP contribution is 2.33. The molecule has 0 aliphatic rings. The maximum absolute atomic E-state index is 9.15. The average molecular weight is 303 g/mol. The van der Waals surface area contributed by atoms with Crippen LogP contribution < -0.4 is 10.5 Å². The van der Waals surface area contributed by atoms with Gasteiger partial charge in [-0.15, -0.1) is 11.8 Å². The fourth-order valence-electron chi connectivity index (χ4n) is 2.18. The number of ether oxygens (including phenoxy) is 1. The second-order valence-electron chi connectivity index (χ2n) is 4.55. The van der Waals surface area contributed by atoms with E-state index in [0.29, 0.717) is 13.0 Å². The van der Waals surface area contributed by atoms with Crippen molar-refractivity contribution in [1.29, 1.82) is 0 Å². The highest BCUT2D eigenvalue weighted by Gasteiger charge is 2.11. The van der Waals surface area contributed by atoms with Gasteiger partial charge in [0.1, 0.15) is 11.5 Å². The third-order valence-electron chi connectivity index (χ3n) is 3.17. The molecular weight excluding hydrogens is 282 g/mol. The van der Waals surface area contributed by atoms with Crippen molar-refractivity contribution in [3.8, 4) is 11.5 Å². The minimum Gasteiger partial charge on any atom is -0.457 e. The number of aliphatic hydroxyl groups excluding tert-OH is 1. The first-order chi connectivity index (χ1) is 10.3. The van der Waals surface area contributed by atoms with Crippen LogP contribution in [0, 0.1) is 0 Å². The molecule has 0 fully saturated rings. The largest absolute Gasteiger partial charge is 0.457 e. The summed E-state index contributed by atoms with van der Waals surface area (Å²) in [5.74, 6) is 2.57. The molecule has 0 saturated carbocycles. The van der Waals surface area contributed by atoms with Crippen LogP contribution in [0.15, 0.2) is 47.4 Å². The van der Waals surface area contributed by atoms with Crippen molar-refractivity contribution in [3.05, 3.63) is 53.6 Å². The summed E-state index contributed by atoms with van der Waals surface area (Å²) in [4.78, 5) is 1.16. The Bertz CT molecular complexity index is 587. The van der Waals surface area contributed by atoms with Crippen molar-refractivity contribution in [2.24, 2.45) is 5.73 Å². The number of rotatable bonds is 7. The normalized spacial score (nSPS) is 10.6. The number of thioether (sulfide) groups is 1. The molecule has 21 heavy (non-hydrogen) atoms. The zero-order chi connectivity index (χ0) is 15.1. The Labute approximate surface area is 130 Å². The molecule has 0 saturated heterocycles. The minimum absolute atomic E-state index is 0.107. The van der Waals surface area contributed by atoms with Crippen LogP contribution in [0.5, 0.6) is 11.5 Å². The van der Waals surface area contributed by atoms with E-state index in [1.165, 1.54) is 0 Å². The molecule has 4 heteroatoms. The highest BCUT2D eigenvalue weighted by atomic mass is 32.2. The second-order valence-corrected chi connectivity index (χ2v) is 5.86. The Morgan fingerprint density at radius 3 is 2.57 bits per heavy atom. The van der Waals surface area contributed by atoms with Crippen LogP contribution in [0.3, 0.4) is 0 Å². The summed E-state index contributed by atoms with van der Waals surface area (Å²) in [6, 6.07) is 13.8. The molecule has 0 bridgehead atoms. The number of hydrogen-bond acceptors (Lipinski definition) is 4. The van der Waals surface area contributed by atoms with Crippen LogP contribution in [-0.2, 0) is 13.0 Å². The van der Waals surface area contributed by atoms with Gasteiger partial charge in [0.05, 0.1) is 0 Å². The predicted molar refractivity (Wildman–Crippen MR) is 88.0 cm³/mol. The third-order valence-corrected chi connectivity index (χ3v) is 4.15. The molecule has 3 nitrogen and oxygen atoms in total. The lowest BCUT2D eigenvalue weighted by atomic mass is 10.1. The van der Waals surface area contributed by atoms with Crippen molar-refractivity contribution >= 4 is 11.8 Å². The monoisotopic (exact) mass is 303 g/mol. The van der Waals surface area contributed by atoms with Crippen LogP contribution in [0.25, 0.3) is 0 Å². The summed E-state index contributed by atoms with van der Waals surface area (Å²) in [6.45, 7) is 2.67. The number of nitrogens with two attached hydrogens (primary N) is 1. The molecule has 112 valence electrons. The standard InChI is InChI=1S/C17H21NO2S/c1-2-21-17-9-5-8-16(14(17)12-18)20-15-7-4-3-6-13(15)10-11-19/h3-9,19H,2,10-12,18H2,1H3. The molecule has 3 N–H and O–H groups in total. The van der Waals surface area contributed by atoms with Gasteiger partial charge in [0.2, 0.25) is 0 Å². The SMILES string of the molecule is CCSc1cccc(Oc2ccccc2CCO)c1CN. The Morgan fingerprint density at radius 1 is 1.10 bits per heavy atom. The molecule has 2 aromatic carbocycles. The number of hydrogen-bond donors (Lipinski definition) is 2. The van der Waals surface area contributed by atoms with Gasteiger partial charge in [-0.1, -0.05) is 31.2 Å². The van der Waals surface area contributed by atoms with Crippen molar-refractivity contribution in [3.63, 3.8) is 0 Å². The van der Waals surface area contributed by atoms with E-state index < -0.39 is 0 Å². The Balaban J connectivity index is 2.33. The van der Waals surface area contributed by atoms with E-state index in [1.54, 1.807) is 11.8 Å². The lowest BCUT2D eigenvalue weighted by molar-refractivity contribution is 0.298. The molecule has 0 radical (unpaired) electrons. The molecule has 0 atom stereocenters. The molecule has 0 aromatic heterocycles. The fourth-order valence-corrected chi connectivity index (χ4v) is 3.03. The van der Waals surface area contributed by atoms with E-state index >= 15 is 0 Å². The van der Waals surface area contributed by atoms with Crippen molar-refractivity contribution < 1.29 is 9.84 Å². The molecule has 0 aliphatic heterocycles. The molecule has 2 aromatic rings. The Morgan fingerprint density at radius 2 is 1.86 bits per heavy atom. The van der Waals surface area contributed by atoms with Crippen LogP contribution in [0.4, 0.5) is 0 Å². The van der Waals surface area contributed by atoms with Gasteiger partial charge in [0.25, 0.3) is 0 Å². The van der Waals surface area contributed by atoms with Gasteiger partial charge in [-0.25, -0.2) is 0 Å². The molecule has 2 rings (SSSR count). The fraction of sp³-hybridized carbons (Fsp3) is 0.294. The van der Waals surface area contributed by atoms with Gasteiger partial charge in [0, 0.05) is 23.6 Å². The topological polar surface area (TPSA) is 55.5 Å². The zero-order valence-electron chi connectivity index (χ0n) is 12.2. The van der Waals surface area contributed by atoms with E-state index in [9.17, 15) is 0 Å². The Hall–Kier alpha value is -1.49. The van der Waals surface area contributed by atoms with E-state index in [-0.39, 0.29) is 6.61 Å². The summed E-state index contributed by atoms with van der Waals surface area (Å²) in [6.07, 6.45) is 0.581. The summed E-state index contributed by atoms with van der Waals surface area (Å²) < 4.78 is 6.07. The van der Waals surface area contributed by atoms with Gasteiger partial charge < -0.3 is 15.6 Å². The van der Waals surface area contributed by atoms with Crippen molar-refractivity contribution in [1.82, 2.24) is 0 Å². The molecule has 0 heterocycles. The van der Waals surface area contributed by atoms with Crippen LogP contribution in [-0.4, -0.2) is 17.5 Å². The van der Waals surface area contributed by atoms with Crippen LogP contribution in [0.2, 0.25) is 0 Å². The molecular formula is C17H21NO2S. The van der Waals surface area contributed by atoms with Crippen molar-refractivity contribution in [2.75, 3.05) is 12.4 Å². The van der Waals surface area contributed by atoms with Gasteiger partial charge in [-0.2, -0.15) is 0 Å². The maximum atomic E-state index is 9.15. The number of para-hydroxylation sites is 1.